The summed E-state index contributed by atoms with van der Waals surface area (Å²) in [4.78, 5) is 9.28. The SMILES string of the molecule is C=C(NCCN1CCC(CCc2ccccc2)CC1)c1ccncc1N1CCOCC1. The van der Waals surface area contributed by atoms with Crippen LogP contribution in [0.2, 0.25) is 0 Å². The Morgan fingerprint density at radius 2 is 1.84 bits per heavy atom. The molecule has 0 unspecified atom stereocenters. The molecule has 0 radical (unpaired) electrons. The summed E-state index contributed by atoms with van der Waals surface area (Å²) in [6.07, 6.45) is 8.97. The molecule has 2 aliphatic rings. The minimum Gasteiger partial charge on any atom is -0.384 e. The molecule has 5 nitrogen and oxygen atoms in total. The Morgan fingerprint density at radius 3 is 2.61 bits per heavy atom. The van der Waals surface area contributed by atoms with Crippen molar-refractivity contribution in [2.75, 3.05) is 57.4 Å². The molecule has 0 saturated carbocycles. The molecule has 1 N–H and O–H groups in total. The summed E-state index contributed by atoms with van der Waals surface area (Å²) < 4.78 is 5.49. The van der Waals surface area contributed by atoms with E-state index in [-0.39, 0.29) is 0 Å². The van der Waals surface area contributed by atoms with E-state index in [1.807, 2.05) is 12.4 Å². The highest BCUT2D eigenvalue weighted by atomic mass is 16.5. The lowest BCUT2D eigenvalue weighted by Gasteiger charge is -2.32. The third-order valence-corrected chi connectivity index (χ3v) is 6.63. The van der Waals surface area contributed by atoms with Crippen molar-refractivity contribution in [2.24, 2.45) is 5.92 Å². The Balaban J connectivity index is 1.18. The van der Waals surface area contributed by atoms with E-state index in [2.05, 4.69) is 63.1 Å². The van der Waals surface area contributed by atoms with Crippen LogP contribution in [0.5, 0.6) is 0 Å². The monoisotopic (exact) mass is 420 g/mol. The Morgan fingerprint density at radius 1 is 1.06 bits per heavy atom. The van der Waals surface area contributed by atoms with E-state index < -0.39 is 0 Å². The van der Waals surface area contributed by atoms with Gasteiger partial charge in [0, 0.05) is 43.6 Å². The average Bonchev–Trinajstić information content (AvgIpc) is 2.85. The molecule has 2 saturated heterocycles. The minimum atomic E-state index is 0.773. The van der Waals surface area contributed by atoms with Gasteiger partial charge in [-0.15, -0.1) is 0 Å². The van der Waals surface area contributed by atoms with E-state index >= 15 is 0 Å². The fraction of sp³-hybridized carbons (Fsp3) is 0.500. The Hall–Kier alpha value is -2.37. The lowest BCUT2D eigenvalue weighted by atomic mass is 9.90. The maximum absolute atomic E-state index is 5.49. The number of piperidine rings is 1. The maximum atomic E-state index is 5.49. The van der Waals surface area contributed by atoms with E-state index in [4.69, 9.17) is 4.74 Å². The molecule has 1 aromatic heterocycles. The van der Waals surface area contributed by atoms with Crippen LogP contribution >= 0.6 is 0 Å². The van der Waals surface area contributed by atoms with E-state index in [1.54, 1.807) is 0 Å². The Kier molecular flexibility index (Phi) is 7.97. The summed E-state index contributed by atoms with van der Waals surface area (Å²) >= 11 is 0. The second kappa shape index (κ2) is 11.3. The molecule has 3 heterocycles. The van der Waals surface area contributed by atoms with Crippen molar-refractivity contribution < 1.29 is 4.74 Å². The quantitative estimate of drug-likeness (QED) is 0.668. The van der Waals surface area contributed by atoms with E-state index in [1.165, 1.54) is 44.3 Å². The number of nitrogens with zero attached hydrogens (tertiary/aromatic N) is 3. The molecule has 166 valence electrons. The zero-order valence-electron chi connectivity index (χ0n) is 18.6. The molecule has 0 bridgehead atoms. The number of anilines is 1. The minimum absolute atomic E-state index is 0.773. The third-order valence-electron chi connectivity index (χ3n) is 6.63. The normalized spacial score (nSPS) is 18.1. The summed E-state index contributed by atoms with van der Waals surface area (Å²) in [5.41, 5.74) is 4.76. The van der Waals surface area contributed by atoms with Crippen LogP contribution in [-0.2, 0) is 11.2 Å². The predicted octanol–water partition coefficient (Wildman–Crippen LogP) is 3.82. The molecule has 5 heteroatoms. The first-order valence-electron chi connectivity index (χ1n) is 11.8. The van der Waals surface area contributed by atoms with Gasteiger partial charge in [-0.25, -0.2) is 0 Å². The molecule has 0 atom stereocenters. The van der Waals surface area contributed by atoms with Gasteiger partial charge in [0.2, 0.25) is 0 Å². The zero-order valence-corrected chi connectivity index (χ0v) is 18.6. The summed E-state index contributed by atoms with van der Waals surface area (Å²) in [5.74, 6) is 0.868. The van der Waals surface area contributed by atoms with Crippen LogP contribution in [0.3, 0.4) is 0 Å². The number of nitrogens with one attached hydrogen (secondary N) is 1. The van der Waals surface area contributed by atoms with Gasteiger partial charge in [0.05, 0.1) is 25.1 Å². The van der Waals surface area contributed by atoms with Gasteiger partial charge in [-0.3, -0.25) is 4.98 Å². The van der Waals surface area contributed by atoms with Crippen molar-refractivity contribution in [2.45, 2.75) is 25.7 Å². The van der Waals surface area contributed by atoms with Gasteiger partial charge < -0.3 is 19.9 Å². The smallest absolute Gasteiger partial charge is 0.0648 e. The Labute approximate surface area is 187 Å². The first kappa shape index (κ1) is 21.8. The average molecular weight is 421 g/mol. The maximum Gasteiger partial charge on any atom is 0.0648 e. The van der Waals surface area contributed by atoms with Crippen molar-refractivity contribution in [1.29, 1.82) is 0 Å². The Bertz CT molecular complexity index is 811. The van der Waals surface area contributed by atoms with E-state index in [0.29, 0.717) is 0 Å². The summed E-state index contributed by atoms with van der Waals surface area (Å²) in [5, 5.41) is 3.56. The molecule has 4 rings (SSSR count). The summed E-state index contributed by atoms with van der Waals surface area (Å²) in [6, 6.07) is 13.0. The van der Waals surface area contributed by atoms with E-state index in [9.17, 15) is 0 Å². The second-order valence-electron chi connectivity index (χ2n) is 8.71. The highest BCUT2D eigenvalue weighted by Gasteiger charge is 2.19. The summed E-state index contributed by atoms with van der Waals surface area (Å²) in [7, 11) is 0. The number of aromatic nitrogens is 1. The van der Waals surface area contributed by atoms with Crippen molar-refractivity contribution in [3.05, 3.63) is 66.5 Å². The van der Waals surface area contributed by atoms with Gasteiger partial charge in [-0.05, 0) is 56.3 Å². The molecular weight excluding hydrogens is 384 g/mol. The number of aryl methyl sites for hydroxylation is 1. The molecule has 1 aromatic carbocycles. The highest BCUT2D eigenvalue weighted by Crippen LogP contribution is 2.25. The van der Waals surface area contributed by atoms with Gasteiger partial charge in [-0.1, -0.05) is 36.9 Å². The van der Waals surface area contributed by atoms with E-state index in [0.717, 1.165) is 62.3 Å². The van der Waals surface area contributed by atoms with Crippen LogP contribution in [0.4, 0.5) is 5.69 Å². The van der Waals surface area contributed by atoms with Gasteiger partial charge in [0.15, 0.2) is 0 Å². The van der Waals surface area contributed by atoms with Crippen LogP contribution in [0, 0.1) is 5.92 Å². The summed E-state index contributed by atoms with van der Waals surface area (Å²) in [6.45, 7) is 12.1. The van der Waals surface area contributed by atoms with Crippen molar-refractivity contribution in [3.8, 4) is 0 Å². The molecule has 2 aromatic rings. The van der Waals surface area contributed by atoms with Gasteiger partial charge in [0.1, 0.15) is 0 Å². The molecule has 0 amide bonds. The van der Waals surface area contributed by atoms with Crippen molar-refractivity contribution >= 4 is 11.4 Å². The van der Waals surface area contributed by atoms with Crippen LogP contribution in [0.25, 0.3) is 5.70 Å². The van der Waals surface area contributed by atoms with Crippen LogP contribution in [-0.4, -0.2) is 62.4 Å². The topological polar surface area (TPSA) is 40.6 Å². The number of hydrogen-bond acceptors (Lipinski definition) is 5. The number of likely N-dealkylation sites (tertiary alicyclic amines) is 1. The molecule has 0 spiro atoms. The lowest BCUT2D eigenvalue weighted by Crippen LogP contribution is -2.38. The zero-order chi connectivity index (χ0) is 21.3. The number of ether oxygens (including phenoxy) is 1. The molecule has 31 heavy (non-hydrogen) atoms. The number of hydrogen-bond donors (Lipinski definition) is 1. The second-order valence-corrected chi connectivity index (χ2v) is 8.71. The number of pyridine rings is 1. The standard InChI is InChI=1S/C26H36N4O/c1-22(25-9-12-27-21-26(25)30-17-19-31-20-18-30)28-13-16-29-14-10-24(11-15-29)8-7-23-5-3-2-4-6-23/h2-6,9,12,21,24,28H,1,7-8,10-11,13-20H2. The van der Waals surface area contributed by atoms with Crippen LogP contribution in [0.15, 0.2) is 55.4 Å². The van der Waals surface area contributed by atoms with Crippen LogP contribution in [0.1, 0.15) is 30.4 Å². The molecule has 2 aliphatic heterocycles. The van der Waals surface area contributed by atoms with Crippen LogP contribution < -0.4 is 10.2 Å². The first-order chi connectivity index (χ1) is 15.3. The molecular formula is C26H36N4O. The molecule has 0 aliphatic carbocycles. The largest absolute Gasteiger partial charge is 0.384 e. The van der Waals surface area contributed by atoms with Crippen molar-refractivity contribution in [3.63, 3.8) is 0 Å². The number of rotatable bonds is 9. The third kappa shape index (κ3) is 6.31. The van der Waals surface area contributed by atoms with Gasteiger partial charge in [0.25, 0.3) is 0 Å². The van der Waals surface area contributed by atoms with Gasteiger partial charge in [-0.2, -0.15) is 0 Å². The predicted molar refractivity (Wildman–Crippen MR) is 128 cm³/mol. The fourth-order valence-electron chi connectivity index (χ4n) is 4.67. The fourth-order valence-corrected chi connectivity index (χ4v) is 4.67. The van der Waals surface area contributed by atoms with Gasteiger partial charge >= 0.3 is 0 Å². The number of benzene rings is 1. The lowest BCUT2D eigenvalue weighted by molar-refractivity contribution is 0.122. The molecule has 2 fully saturated rings. The highest BCUT2D eigenvalue weighted by molar-refractivity contribution is 5.74. The number of morpholine rings is 1. The van der Waals surface area contributed by atoms with Crippen molar-refractivity contribution in [1.82, 2.24) is 15.2 Å². The first-order valence-corrected chi connectivity index (χ1v) is 11.8.